The van der Waals surface area contributed by atoms with E-state index in [1.807, 2.05) is 6.20 Å². The number of fused-ring (bicyclic) bond motifs is 1. The highest BCUT2D eigenvalue weighted by Crippen LogP contribution is 2.32. The van der Waals surface area contributed by atoms with E-state index in [1.54, 1.807) is 0 Å². The van der Waals surface area contributed by atoms with Crippen LogP contribution in [0.5, 0.6) is 5.75 Å². The van der Waals surface area contributed by atoms with Crippen molar-refractivity contribution in [1.29, 1.82) is 0 Å². The summed E-state index contributed by atoms with van der Waals surface area (Å²) >= 11 is 0. The summed E-state index contributed by atoms with van der Waals surface area (Å²) in [4.78, 5) is 3.21. The molecule has 0 spiro atoms. The highest BCUT2D eigenvalue weighted by Gasteiger charge is 2.25. The number of nitrogens with one attached hydrogen (secondary N) is 1. The number of aromatic amines is 1. The summed E-state index contributed by atoms with van der Waals surface area (Å²) < 4.78 is 6.14. The first-order valence-electron chi connectivity index (χ1n) is 6.96. The Hall–Kier alpha value is -1.44. The van der Waals surface area contributed by atoms with Crippen LogP contribution in [0.1, 0.15) is 33.1 Å². The van der Waals surface area contributed by atoms with Gasteiger partial charge in [0.15, 0.2) is 0 Å². The second-order valence-electron chi connectivity index (χ2n) is 5.73. The van der Waals surface area contributed by atoms with Crippen LogP contribution in [0.25, 0.3) is 10.9 Å². The van der Waals surface area contributed by atoms with Crippen LogP contribution in [0.3, 0.4) is 0 Å². The van der Waals surface area contributed by atoms with E-state index in [1.165, 1.54) is 30.2 Å². The Bertz CT molecular complexity index is 531. The number of aromatic nitrogens is 1. The Morgan fingerprint density at radius 3 is 2.83 bits per heavy atom. The molecule has 1 saturated carbocycles. The number of benzene rings is 1. The third-order valence-electron chi connectivity index (χ3n) is 4.38. The monoisotopic (exact) mass is 243 g/mol. The van der Waals surface area contributed by atoms with Gasteiger partial charge >= 0.3 is 0 Å². The molecule has 1 N–H and O–H groups in total. The molecule has 3 rings (SSSR count). The maximum absolute atomic E-state index is 6.14. The molecule has 1 fully saturated rings. The van der Waals surface area contributed by atoms with E-state index >= 15 is 0 Å². The second kappa shape index (κ2) is 4.68. The lowest BCUT2D eigenvalue weighted by Crippen LogP contribution is -2.28. The zero-order valence-electron chi connectivity index (χ0n) is 11.1. The van der Waals surface area contributed by atoms with Gasteiger partial charge in [-0.05, 0) is 55.4 Å². The van der Waals surface area contributed by atoms with Crippen LogP contribution in [0.2, 0.25) is 0 Å². The van der Waals surface area contributed by atoms with Crippen molar-refractivity contribution < 1.29 is 4.74 Å². The van der Waals surface area contributed by atoms with Crippen LogP contribution in [-0.2, 0) is 0 Å². The van der Waals surface area contributed by atoms with Gasteiger partial charge in [-0.1, -0.05) is 13.8 Å². The molecule has 1 aromatic heterocycles. The molecule has 2 heteroatoms. The third kappa shape index (κ3) is 2.24. The fourth-order valence-corrected chi connectivity index (χ4v) is 2.90. The first kappa shape index (κ1) is 11.6. The zero-order chi connectivity index (χ0) is 12.5. The van der Waals surface area contributed by atoms with Crippen molar-refractivity contribution in [2.45, 2.75) is 39.2 Å². The number of ether oxygens (including phenoxy) is 1. The Kier molecular flexibility index (Phi) is 3.02. The van der Waals surface area contributed by atoms with Crippen LogP contribution < -0.4 is 4.74 Å². The molecule has 3 atom stereocenters. The van der Waals surface area contributed by atoms with Crippen molar-refractivity contribution in [3.63, 3.8) is 0 Å². The second-order valence-corrected chi connectivity index (χ2v) is 5.73. The topological polar surface area (TPSA) is 25.0 Å². The summed E-state index contributed by atoms with van der Waals surface area (Å²) in [5, 5.41) is 1.23. The van der Waals surface area contributed by atoms with Crippen LogP contribution in [0.4, 0.5) is 0 Å². The third-order valence-corrected chi connectivity index (χ3v) is 4.38. The Morgan fingerprint density at radius 2 is 2.00 bits per heavy atom. The Morgan fingerprint density at radius 1 is 1.11 bits per heavy atom. The summed E-state index contributed by atoms with van der Waals surface area (Å²) in [6.07, 6.45) is 6.03. The SMILES string of the molecule is CC1CCC(Oc2ccc3[nH]ccc3c2)CC1C. The quantitative estimate of drug-likeness (QED) is 0.832. The molecule has 0 saturated heterocycles. The number of hydrogen-bond acceptors (Lipinski definition) is 1. The minimum atomic E-state index is 0.396. The van der Waals surface area contributed by atoms with E-state index in [0.717, 1.165) is 17.6 Å². The summed E-state index contributed by atoms with van der Waals surface area (Å²) in [6, 6.07) is 8.39. The maximum atomic E-state index is 6.14. The number of rotatable bonds is 2. The molecule has 1 aliphatic carbocycles. The Balaban J connectivity index is 1.72. The predicted molar refractivity (Wildman–Crippen MR) is 74.9 cm³/mol. The lowest BCUT2D eigenvalue weighted by atomic mass is 9.80. The van der Waals surface area contributed by atoms with E-state index in [0.29, 0.717) is 6.10 Å². The van der Waals surface area contributed by atoms with Gasteiger partial charge in [-0.2, -0.15) is 0 Å². The highest BCUT2D eigenvalue weighted by atomic mass is 16.5. The van der Waals surface area contributed by atoms with Gasteiger partial charge in [0, 0.05) is 17.1 Å². The smallest absolute Gasteiger partial charge is 0.120 e. The van der Waals surface area contributed by atoms with Gasteiger partial charge in [0.25, 0.3) is 0 Å². The van der Waals surface area contributed by atoms with Crippen molar-refractivity contribution >= 4 is 10.9 Å². The van der Waals surface area contributed by atoms with Gasteiger partial charge in [0.05, 0.1) is 6.10 Å². The van der Waals surface area contributed by atoms with Gasteiger partial charge in [0.2, 0.25) is 0 Å². The minimum Gasteiger partial charge on any atom is -0.490 e. The molecular weight excluding hydrogens is 222 g/mol. The molecule has 0 amide bonds. The average molecular weight is 243 g/mol. The molecule has 2 nitrogen and oxygen atoms in total. The first-order chi connectivity index (χ1) is 8.72. The van der Waals surface area contributed by atoms with E-state index in [-0.39, 0.29) is 0 Å². The number of hydrogen-bond donors (Lipinski definition) is 1. The largest absolute Gasteiger partial charge is 0.490 e. The molecule has 0 radical (unpaired) electrons. The molecule has 1 aromatic carbocycles. The molecular formula is C16H21NO. The van der Waals surface area contributed by atoms with Crippen LogP contribution in [0.15, 0.2) is 30.5 Å². The molecule has 96 valence electrons. The standard InChI is InChI=1S/C16H21NO/c1-11-3-4-14(9-12(11)2)18-15-5-6-16-13(10-15)7-8-17-16/h5-8,10-12,14,17H,3-4,9H2,1-2H3. The van der Waals surface area contributed by atoms with Gasteiger partial charge in [0.1, 0.15) is 5.75 Å². The molecule has 3 unspecified atom stereocenters. The molecule has 0 bridgehead atoms. The lowest BCUT2D eigenvalue weighted by Gasteiger charge is -2.32. The first-order valence-corrected chi connectivity index (χ1v) is 6.96. The van der Waals surface area contributed by atoms with Crippen LogP contribution in [-0.4, -0.2) is 11.1 Å². The maximum Gasteiger partial charge on any atom is 0.120 e. The fourth-order valence-electron chi connectivity index (χ4n) is 2.90. The van der Waals surface area contributed by atoms with Gasteiger partial charge in [-0.25, -0.2) is 0 Å². The van der Waals surface area contributed by atoms with Gasteiger partial charge in [-0.3, -0.25) is 0 Å². The van der Waals surface area contributed by atoms with Crippen LogP contribution in [0, 0.1) is 11.8 Å². The van der Waals surface area contributed by atoms with Crippen molar-refractivity contribution in [2.75, 3.05) is 0 Å². The van der Waals surface area contributed by atoms with Crippen molar-refractivity contribution in [3.05, 3.63) is 30.5 Å². The van der Waals surface area contributed by atoms with Gasteiger partial charge in [-0.15, -0.1) is 0 Å². The average Bonchev–Trinajstić information content (AvgIpc) is 2.81. The fraction of sp³-hybridized carbons (Fsp3) is 0.500. The Labute approximate surface area is 108 Å². The van der Waals surface area contributed by atoms with E-state index < -0.39 is 0 Å². The molecule has 1 aliphatic rings. The van der Waals surface area contributed by atoms with E-state index in [9.17, 15) is 0 Å². The number of H-pyrrole nitrogens is 1. The van der Waals surface area contributed by atoms with Crippen molar-refractivity contribution in [3.8, 4) is 5.75 Å². The van der Waals surface area contributed by atoms with Crippen LogP contribution >= 0.6 is 0 Å². The van der Waals surface area contributed by atoms with Crippen molar-refractivity contribution in [2.24, 2.45) is 11.8 Å². The van der Waals surface area contributed by atoms with E-state index in [2.05, 4.69) is 43.1 Å². The summed E-state index contributed by atoms with van der Waals surface area (Å²) in [5.41, 5.74) is 1.17. The summed E-state index contributed by atoms with van der Waals surface area (Å²) in [5.74, 6) is 2.63. The normalized spacial score (nSPS) is 28.4. The minimum absolute atomic E-state index is 0.396. The predicted octanol–water partition coefficient (Wildman–Crippen LogP) is 4.37. The molecule has 18 heavy (non-hydrogen) atoms. The molecule has 1 heterocycles. The van der Waals surface area contributed by atoms with Gasteiger partial charge < -0.3 is 9.72 Å². The zero-order valence-corrected chi connectivity index (χ0v) is 11.1. The van der Waals surface area contributed by atoms with E-state index in [4.69, 9.17) is 4.74 Å². The summed E-state index contributed by atoms with van der Waals surface area (Å²) in [6.45, 7) is 4.70. The highest BCUT2D eigenvalue weighted by molar-refractivity contribution is 5.80. The molecule has 2 aromatic rings. The van der Waals surface area contributed by atoms with Crippen molar-refractivity contribution in [1.82, 2.24) is 4.98 Å². The lowest BCUT2D eigenvalue weighted by molar-refractivity contribution is 0.101. The summed E-state index contributed by atoms with van der Waals surface area (Å²) in [7, 11) is 0. The molecule has 0 aliphatic heterocycles.